The lowest BCUT2D eigenvalue weighted by atomic mass is 9.95. The van der Waals surface area contributed by atoms with Gasteiger partial charge in [0.15, 0.2) is 11.5 Å². The molecule has 1 aromatic carbocycles. The highest BCUT2D eigenvalue weighted by Gasteiger charge is 2.29. The molecule has 112 valence electrons. The van der Waals surface area contributed by atoms with Crippen molar-refractivity contribution in [3.8, 4) is 11.5 Å². The maximum Gasteiger partial charge on any atom is 0.312 e. The Morgan fingerprint density at radius 2 is 2.05 bits per heavy atom. The van der Waals surface area contributed by atoms with Gasteiger partial charge in [0.05, 0.1) is 12.0 Å². The molecule has 0 unspecified atom stereocenters. The largest absolute Gasteiger partial charge is 0.490 e. The summed E-state index contributed by atoms with van der Waals surface area (Å²) >= 11 is 0. The average molecular weight is 281 g/mol. The molecule has 20 heavy (non-hydrogen) atoms. The molecule has 0 bridgehead atoms. The second kappa shape index (κ2) is 7.14. The molecule has 0 heterocycles. The van der Waals surface area contributed by atoms with Crippen LogP contribution in [0.2, 0.25) is 0 Å². The highest BCUT2D eigenvalue weighted by atomic mass is 16.5. The van der Waals surface area contributed by atoms with Crippen LogP contribution in [0.4, 0.5) is 0 Å². The van der Waals surface area contributed by atoms with Crippen LogP contribution in [0.25, 0.3) is 0 Å². The van der Waals surface area contributed by atoms with Crippen molar-refractivity contribution in [2.24, 2.45) is 11.1 Å². The van der Waals surface area contributed by atoms with E-state index >= 15 is 0 Å². The Labute approximate surface area is 119 Å². The predicted octanol–water partition coefficient (Wildman–Crippen LogP) is 2.08. The lowest BCUT2D eigenvalue weighted by molar-refractivity contribution is -0.148. The van der Waals surface area contributed by atoms with Crippen molar-refractivity contribution in [3.05, 3.63) is 23.8 Å². The highest BCUT2D eigenvalue weighted by Crippen LogP contribution is 2.33. The number of carboxylic acids is 1. The number of nitrogens with two attached hydrogens (primary N) is 1. The van der Waals surface area contributed by atoms with Gasteiger partial charge < -0.3 is 20.3 Å². The summed E-state index contributed by atoms with van der Waals surface area (Å²) in [4.78, 5) is 11.1. The first kappa shape index (κ1) is 16.3. The zero-order valence-corrected chi connectivity index (χ0v) is 12.3. The first-order chi connectivity index (χ1) is 9.42. The Hall–Kier alpha value is -1.75. The summed E-state index contributed by atoms with van der Waals surface area (Å²) in [5.41, 5.74) is 5.56. The minimum absolute atomic E-state index is 0.0734. The summed E-state index contributed by atoms with van der Waals surface area (Å²) in [7, 11) is 0. The Kier molecular flexibility index (Phi) is 5.82. The molecule has 0 atom stereocenters. The molecule has 0 aliphatic carbocycles. The molecule has 0 aromatic heterocycles. The number of rotatable bonds is 8. The second-order valence-corrected chi connectivity index (χ2v) is 5.19. The zero-order valence-electron chi connectivity index (χ0n) is 12.3. The van der Waals surface area contributed by atoms with E-state index in [0.29, 0.717) is 31.1 Å². The number of hydrogen-bond donors (Lipinski definition) is 2. The molecule has 3 N–H and O–H groups in total. The van der Waals surface area contributed by atoms with Gasteiger partial charge in [-0.1, -0.05) is 12.1 Å². The van der Waals surface area contributed by atoms with Gasteiger partial charge in [-0.05, 0) is 45.4 Å². The molecule has 5 heteroatoms. The van der Waals surface area contributed by atoms with Gasteiger partial charge in [0.1, 0.15) is 6.61 Å². The molecule has 0 aliphatic rings. The maximum atomic E-state index is 11.1. The topological polar surface area (TPSA) is 81.8 Å². The summed E-state index contributed by atoms with van der Waals surface area (Å²) in [5.74, 6) is 0.320. The molecule has 0 amide bonds. The van der Waals surface area contributed by atoms with E-state index in [4.69, 9.17) is 20.3 Å². The van der Waals surface area contributed by atoms with E-state index in [-0.39, 0.29) is 6.61 Å². The Morgan fingerprint density at radius 3 is 2.60 bits per heavy atom. The average Bonchev–Trinajstić information content (AvgIpc) is 2.38. The summed E-state index contributed by atoms with van der Waals surface area (Å²) in [5, 5.41) is 9.13. The second-order valence-electron chi connectivity index (χ2n) is 5.19. The smallest absolute Gasteiger partial charge is 0.312 e. The number of benzene rings is 1. The Balaban J connectivity index is 2.98. The highest BCUT2D eigenvalue weighted by molar-refractivity contribution is 5.73. The first-order valence-electron chi connectivity index (χ1n) is 6.73. The summed E-state index contributed by atoms with van der Waals surface area (Å²) in [6, 6.07) is 5.61. The monoisotopic (exact) mass is 281 g/mol. The minimum Gasteiger partial charge on any atom is -0.490 e. The minimum atomic E-state index is -0.959. The number of hydrogen-bond acceptors (Lipinski definition) is 4. The van der Waals surface area contributed by atoms with Gasteiger partial charge in [0.2, 0.25) is 0 Å². The molecule has 0 saturated heterocycles. The number of carbonyl (C=O) groups is 1. The van der Waals surface area contributed by atoms with Crippen LogP contribution in [0.5, 0.6) is 11.5 Å². The van der Waals surface area contributed by atoms with E-state index in [1.165, 1.54) is 0 Å². The molecule has 0 radical (unpaired) electrons. The Bertz CT molecular complexity index is 433. The van der Waals surface area contributed by atoms with Crippen molar-refractivity contribution in [3.63, 3.8) is 0 Å². The summed E-state index contributed by atoms with van der Waals surface area (Å²) in [6.45, 7) is 6.23. The molecule has 0 fully saturated rings. The van der Waals surface area contributed by atoms with E-state index in [1.807, 2.05) is 25.1 Å². The van der Waals surface area contributed by atoms with Crippen molar-refractivity contribution in [2.45, 2.75) is 27.2 Å². The van der Waals surface area contributed by atoms with E-state index in [2.05, 4.69) is 0 Å². The van der Waals surface area contributed by atoms with E-state index < -0.39 is 11.4 Å². The van der Waals surface area contributed by atoms with Gasteiger partial charge in [-0.2, -0.15) is 0 Å². The Morgan fingerprint density at radius 1 is 1.35 bits per heavy atom. The quantitative estimate of drug-likeness (QED) is 0.762. The van der Waals surface area contributed by atoms with Crippen molar-refractivity contribution in [2.75, 3.05) is 19.8 Å². The predicted molar refractivity (Wildman–Crippen MR) is 77.3 cm³/mol. The fraction of sp³-hybridized carbons (Fsp3) is 0.533. The van der Waals surface area contributed by atoms with Crippen LogP contribution in [-0.4, -0.2) is 30.8 Å². The van der Waals surface area contributed by atoms with Crippen LogP contribution in [0, 0.1) is 5.41 Å². The zero-order chi connectivity index (χ0) is 15.2. The molecular weight excluding hydrogens is 258 g/mol. The fourth-order valence-electron chi connectivity index (χ4n) is 1.66. The third-order valence-corrected chi connectivity index (χ3v) is 2.93. The number of aliphatic carboxylic acids is 1. The molecular formula is C15H23NO4. The van der Waals surface area contributed by atoms with Crippen molar-refractivity contribution in [1.29, 1.82) is 0 Å². The third-order valence-electron chi connectivity index (χ3n) is 2.93. The SMILES string of the molecule is CCOc1cccc(CCN)c1OCC(C)(C)C(=O)O. The molecule has 1 aromatic rings. The third kappa shape index (κ3) is 4.13. The van der Waals surface area contributed by atoms with Crippen molar-refractivity contribution in [1.82, 2.24) is 0 Å². The normalized spacial score (nSPS) is 11.2. The molecule has 0 spiro atoms. The van der Waals surface area contributed by atoms with Gasteiger partial charge >= 0.3 is 5.97 Å². The van der Waals surface area contributed by atoms with Gasteiger partial charge in [-0.15, -0.1) is 0 Å². The summed E-state index contributed by atoms with van der Waals surface area (Å²) < 4.78 is 11.3. The summed E-state index contributed by atoms with van der Waals surface area (Å²) in [6.07, 6.45) is 0.656. The van der Waals surface area contributed by atoms with Gasteiger partial charge in [-0.25, -0.2) is 0 Å². The first-order valence-corrected chi connectivity index (χ1v) is 6.73. The molecule has 5 nitrogen and oxygen atoms in total. The van der Waals surface area contributed by atoms with Crippen LogP contribution < -0.4 is 15.2 Å². The van der Waals surface area contributed by atoms with E-state index in [1.54, 1.807) is 13.8 Å². The van der Waals surface area contributed by atoms with Crippen LogP contribution >= 0.6 is 0 Å². The fourth-order valence-corrected chi connectivity index (χ4v) is 1.66. The number of carboxylic acid groups (broad SMARTS) is 1. The van der Waals surface area contributed by atoms with Gasteiger partial charge in [0, 0.05) is 0 Å². The molecule has 1 rings (SSSR count). The van der Waals surface area contributed by atoms with Gasteiger partial charge in [-0.3, -0.25) is 4.79 Å². The van der Waals surface area contributed by atoms with Crippen molar-refractivity contribution < 1.29 is 19.4 Å². The van der Waals surface area contributed by atoms with E-state index in [9.17, 15) is 4.79 Å². The number of ether oxygens (including phenoxy) is 2. The van der Waals surface area contributed by atoms with Crippen LogP contribution in [0.3, 0.4) is 0 Å². The number of para-hydroxylation sites is 1. The van der Waals surface area contributed by atoms with Crippen molar-refractivity contribution >= 4 is 5.97 Å². The lowest BCUT2D eigenvalue weighted by Gasteiger charge is -2.22. The van der Waals surface area contributed by atoms with Crippen LogP contribution in [0.1, 0.15) is 26.3 Å². The molecule has 0 aliphatic heterocycles. The van der Waals surface area contributed by atoms with E-state index in [0.717, 1.165) is 5.56 Å². The maximum absolute atomic E-state index is 11.1. The standard InChI is InChI=1S/C15H23NO4/c1-4-19-12-7-5-6-11(8-9-16)13(12)20-10-15(2,3)14(17)18/h5-7H,4,8-10,16H2,1-3H3,(H,17,18). The lowest BCUT2D eigenvalue weighted by Crippen LogP contribution is -2.31. The van der Waals surface area contributed by atoms with Crippen LogP contribution in [-0.2, 0) is 11.2 Å². The molecule has 0 saturated carbocycles. The van der Waals surface area contributed by atoms with Crippen LogP contribution in [0.15, 0.2) is 18.2 Å². The van der Waals surface area contributed by atoms with Gasteiger partial charge in [0.25, 0.3) is 0 Å².